The van der Waals surface area contributed by atoms with Crippen LogP contribution in [0.1, 0.15) is 34.0 Å². The average Bonchev–Trinajstić information content (AvgIpc) is 3.29. The molecule has 0 fully saturated rings. The Bertz CT molecular complexity index is 1710. The third-order valence-electron chi connectivity index (χ3n) is 8.49. The standard InChI is InChI=1S/C33H32N2O4/c1-37-25-9-10-29-27(15-25)28-16-30-26-17-33(39-19-21-7-8-22-5-3-4-6-23(22)13-21)32(38-2)14-24(26)11-12-34(30)18-31(28)35(29)20-36/h3-10,13-15,17,30,36H,11-12,16,18-20H2,1-2H3. The molecule has 198 valence electrons. The largest absolute Gasteiger partial charge is 0.497 e. The fourth-order valence-electron chi connectivity index (χ4n) is 6.49. The third kappa shape index (κ3) is 4.03. The van der Waals surface area contributed by atoms with Gasteiger partial charge in [0.2, 0.25) is 0 Å². The van der Waals surface area contributed by atoms with E-state index >= 15 is 0 Å². The fourth-order valence-corrected chi connectivity index (χ4v) is 6.49. The van der Waals surface area contributed by atoms with Gasteiger partial charge in [-0.05, 0) is 82.3 Å². The lowest BCUT2D eigenvalue weighted by Crippen LogP contribution is -2.39. The Kier molecular flexibility index (Phi) is 5.94. The number of nitrogens with zero attached hydrogens (tertiary/aromatic N) is 2. The maximum atomic E-state index is 10.2. The van der Waals surface area contributed by atoms with Crippen molar-refractivity contribution < 1.29 is 19.3 Å². The molecule has 6 nitrogen and oxygen atoms in total. The van der Waals surface area contributed by atoms with Crippen molar-refractivity contribution in [1.29, 1.82) is 0 Å². The summed E-state index contributed by atoms with van der Waals surface area (Å²) in [5.41, 5.74) is 7.29. The molecule has 7 rings (SSSR count). The van der Waals surface area contributed by atoms with Gasteiger partial charge in [0.1, 0.15) is 19.1 Å². The third-order valence-corrected chi connectivity index (χ3v) is 8.49. The Morgan fingerprint density at radius 3 is 2.59 bits per heavy atom. The Morgan fingerprint density at radius 2 is 1.77 bits per heavy atom. The van der Waals surface area contributed by atoms with Gasteiger partial charge in [0.05, 0.1) is 19.7 Å². The van der Waals surface area contributed by atoms with E-state index in [2.05, 4.69) is 71.6 Å². The first kappa shape index (κ1) is 24.1. The Labute approximate surface area is 227 Å². The van der Waals surface area contributed by atoms with Gasteiger partial charge in [0.15, 0.2) is 11.5 Å². The molecular formula is C33H32N2O4. The minimum Gasteiger partial charge on any atom is -0.497 e. The number of hydrogen-bond donors (Lipinski definition) is 1. The highest BCUT2D eigenvalue weighted by molar-refractivity contribution is 5.87. The predicted octanol–water partition coefficient (Wildman–Crippen LogP) is 6.00. The smallest absolute Gasteiger partial charge is 0.162 e. The number of hydrogen-bond acceptors (Lipinski definition) is 5. The number of aliphatic hydroxyl groups is 1. The topological polar surface area (TPSA) is 56.1 Å². The molecule has 2 aliphatic rings. The van der Waals surface area contributed by atoms with Gasteiger partial charge in [0.25, 0.3) is 0 Å². The summed E-state index contributed by atoms with van der Waals surface area (Å²) in [4.78, 5) is 2.53. The highest BCUT2D eigenvalue weighted by Gasteiger charge is 2.36. The molecule has 0 aliphatic carbocycles. The minimum atomic E-state index is -0.0305. The number of fused-ring (bicyclic) bond motifs is 7. The quantitative estimate of drug-likeness (QED) is 0.298. The van der Waals surface area contributed by atoms with Crippen molar-refractivity contribution in [2.24, 2.45) is 0 Å². The molecule has 1 unspecified atom stereocenters. The molecule has 0 bridgehead atoms. The van der Waals surface area contributed by atoms with Gasteiger partial charge in [0, 0.05) is 30.2 Å². The van der Waals surface area contributed by atoms with Crippen molar-refractivity contribution in [1.82, 2.24) is 9.47 Å². The molecule has 39 heavy (non-hydrogen) atoms. The number of aromatic nitrogens is 1. The maximum Gasteiger partial charge on any atom is 0.162 e. The molecule has 0 spiro atoms. The molecule has 5 aromatic rings. The summed E-state index contributed by atoms with van der Waals surface area (Å²) in [5.74, 6) is 2.39. The van der Waals surface area contributed by atoms with Crippen LogP contribution in [0, 0.1) is 0 Å². The molecule has 1 N–H and O–H groups in total. The molecular weight excluding hydrogens is 488 g/mol. The van der Waals surface area contributed by atoms with Crippen LogP contribution in [-0.2, 0) is 32.7 Å². The molecule has 6 heteroatoms. The predicted molar refractivity (Wildman–Crippen MR) is 153 cm³/mol. The summed E-state index contributed by atoms with van der Waals surface area (Å²) in [7, 11) is 3.41. The van der Waals surface area contributed by atoms with Crippen molar-refractivity contribution in [2.45, 2.75) is 38.8 Å². The van der Waals surface area contributed by atoms with Crippen molar-refractivity contribution in [2.75, 3.05) is 20.8 Å². The van der Waals surface area contributed by atoms with Gasteiger partial charge >= 0.3 is 0 Å². The van der Waals surface area contributed by atoms with Gasteiger partial charge in [-0.3, -0.25) is 4.90 Å². The van der Waals surface area contributed by atoms with E-state index in [1.165, 1.54) is 33.2 Å². The summed E-state index contributed by atoms with van der Waals surface area (Å²) >= 11 is 0. The van der Waals surface area contributed by atoms with Crippen molar-refractivity contribution in [3.8, 4) is 17.2 Å². The fraction of sp³-hybridized carbons (Fsp3) is 0.273. The van der Waals surface area contributed by atoms with Gasteiger partial charge in [-0.1, -0.05) is 36.4 Å². The number of benzene rings is 4. The average molecular weight is 521 g/mol. The molecule has 3 heterocycles. The van der Waals surface area contributed by atoms with E-state index in [1.54, 1.807) is 14.2 Å². The van der Waals surface area contributed by atoms with Crippen LogP contribution >= 0.6 is 0 Å². The molecule has 1 atom stereocenters. The lowest BCUT2D eigenvalue weighted by molar-refractivity contribution is 0.145. The number of ether oxygens (including phenoxy) is 3. The lowest BCUT2D eigenvalue weighted by atomic mass is 9.85. The monoisotopic (exact) mass is 520 g/mol. The summed E-state index contributed by atoms with van der Waals surface area (Å²) in [6.07, 6.45) is 1.82. The number of rotatable bonds is 6. The second-order valence-electron chi connectivity index (χ2n) is 10.5. The van der Waals surface area contributed by atoms with Crippen LogP contribution in [0.3, 0.4) is 0 Å². The summed E-state index contributed by atoms with van der Waals surface area (Å²) in [6, 6.07) is 25.6. The zero-order valence-electron chi connectivity index (χ0n) is 22.3. The Balaban J connectivity index is 1.24. The van der Waals surface area contributed by atoms with Crippen LogP contribution in [0.5, 0.6) is 17.2 Å². The zero-order valence-corrected chi connectivity index (χ0v) is 22.3. The van der Waals surface area contributed by atoms with Gasteiger partial charge < -0.3 is 23.9 Å². The van der Waals surface area contributed by atoms with Crippen LogP contribution in [-0.4, -0.2) is 35.3 Å². The minimum absolute atomic E-state index is 0.0305. The molecule has 2 aliphatic heterocycles. The first-order chi connectivity index (χ1) is 19.2. The van der Waals surface area contributed by atoms with Crippen molar-refractivity contribution >= 4 is 21.7 Å². The van der Waals surface area contributed by atoms with E-state index in [0.29, 0.717) is 6.61 Å². The first-order valence-electron chi connectivity index (χ1n) is 13.5. The summed E-state index contributed by atoms with van der Waals surface area (Å²) in [6.45, 7) is 2.21. The van der Waals surface area contributed by atoms with Crippen molar-refractivity contribution in [3.63, 3.8) is 0 Å². The SMILES string of the molecule is COc1ccc2c(c1)c1c(n2CO)CN2CCc3cc(OC)c(OCc4ccc5ccccc5c4)cc3C2C1. The second-order valence-corrected chi connectivity index (χ2v) is 10.5. The molecule has 4 aromatic carbocycles. The number of methoxy groups -OCH3 is 2. The summed E-state index contributed by atoms with van der Waals surface area (Å²) < 4.78 is 19.8. The van der Waals surface area contributed by atoms with Gasteiger partial charge in [-0.15, -0.1) is 0 Å². The van der Waals surface area contributed by atoms with Crippen LogP contribution in [0.4, 0.5) is 0 Å². The Morgan fingerprint density at radius 1 is 0.897 bits per heavy atom. The van der Waals surface area contributed by atoms with Gasteiger partial charge in [-0.25, -0.2) is 0 Å². The molecule has 1 aromatic heterocycles. The van der Waals surface area contributed by atoms with E-state index in [4.69, 9.17) is 14.2 Å². The van der Waals surface area contributed by atoms with E-state index < -0.39 is 0 Å². The van der Waals surface area contributed by atoms with Gasteiger partial charge in [-0.2, -0.15) is 0 Å². The van der Waals surface area contributed by atoms with E-state index in [0.717, 1.165) is 59.6 Å². The van der Waals surface area contributed by atoms with E-state index in [9.17, 15) is 5.11 Å². The molecule has 0 radical (unpaired) electrons. The van der Waals surface area contributed by atoms with Crippen molar-refractivity contribution in [3.05, 3.63) is 101 Å². The second kappa shape index (κ2) is 9.63. The van der Waals surface area contributed by atoms with Crippen LogP contribution in [0.25, 0.3) is 21.7 Å². The highest BCUT2D eigenvalue weighted by Crippen LogP contribution is 2.45. The molecule has 0 amide bonds. The summed E-state index contributed by atoms with van der Waals surface area (Å²) in [5, 5.41) is 13.8. The molecule has 0 saturated carbocycles. The van der Waals surface area contributed by atoms with Crippen LogP contribution in [0.15, 0.2) is 72.8 Å². The maximum absolute atomic E-state index is 10.2. The molecule has 0 saturated heterocycles. The lowest BCUT2D eigenvalue weighted by Gasteiger charge is -2.41. The Hall–Kier alpha value is -4.00. The normalized spacial score (nSPS) is 16.5. The van der Waals surface area contributed by atoms with Crippen LogP contribution < -0.4 is 14.2 Å². The highest BCUT2D eigenvalue weighted by atomic mass is 16.5. The number of aliphatic hydroxyl groups excluding tert-OH is 1. The zero-order chi connectivity index (χ0) is 26.5. The van der Waals surface area contributed by atoms with E-state index in [1.807, 2.05) is 10.6 Å². The first-order valence-corrected chi connectivity index (χ1v) is 13.5. The van der Waals surface area contributed by atoms with Crippen LogP contribution in [0.2, 0.25) is 0 Å². The van der Waals surface area contributed by atoms with E-state index in [-0.39, 0.29) is 12.8 Å².